The molecule has 2 nitrogen and oxygen atoms in total. The van der Waals surface area contributed by atoms with E-state index in [1.54, 1.807) is 0 Å². The molecule has 1 aliphatic carbocycles. The van der Waals surface area contributed by atoms with Gasteiger partial charge in [0, 0.05) is 19.1 Å². The van der Waals surface area contributed by atoms with Crippen LogP contribution in [0.4, 0.5) is 0 Å². The standard InChI is InChI=1S/C13H26N2/c1-12(2)9-15(8-5-11(12)14)10-13(3)6-4-7-13/h11H,4-10,14H2,1-3H3. The average molecular weight is 210 g/mol. The van der Waals surface area contributed by atoms with E-state index in [-0.39, 0.29) is 0 Å². The number of hydrogen-bond acceptors (Lipinski definition) is 2. The molecule has 1 saturated carbocycles. The van der Waals surface area contributed by atoms with Gasteiger partial charge in [0.1, 0.15) is 0 Å². The van der Waals surface area contributed by atoms with Crippen LogP contribution in [0.3, 0.4) is 0 Å². The van der Waals surface area contributed by atoms with E-state index < -0.39 is 0 Å². The Balaban J connectivity index is 1.89. The van der Waals surface area contributed by atoms with Crippen molar-refractivity contribution in [1.29, 1.82) is 0 Å². The number of piperidine rings is 1. The zero-order valence-corrected chi connectivity index (χ0v) is 10.6. The summed E-state index contributed by atoms with van der Waals surface area (Å²) in [6, 6.07) is 0.392. The fourth-order valence-electron chi connectivity index (χ4n) is 3.10. The smallest absolute Gasteiger partial charge is 0.0115 e. The minimum absolute atomic E-state index is 0.304. The first-order valence-corrected chi connectivity index (χ1v) is 6.39. The number of nitrogens with zero attached hydrogens (tertiary/aromatic N) is 1. The molecule has 2 heteroatoms. The zero-order chi connectivity index (χ0) is 11.1. The lowest BCUT2D eigenvalue weighted by Crippen LogP contribution is -2.54. The maximum absolute atomic E-state index is 6.16. The minimum atomic E-state index is 0.304. The third kappa shape index (κ3) is 2.36. The van der Waals surface area contributed by atoms with Crippen LogP contribution in [0.1, 0.15) is 46.5 Å². The van der Waals surface area contributed by atoms with Crippen LogP contribution in [-0.2, 0) is 0 Å². The molecule has 0 aromatic rings. The van der Waals surface area contributed by atoms with E-state index in [0.717, 1.165) is 0 Å². The Morgan fingerprint density at radius 3 is 2.40 bits per heavy atom. The lowest BCUT2D eigenvalue weighted by Gasteiger charge is -2.48. The van der Waals surface area contributed by atoms with Crippen molar-refractivity contribution in [3.05, 3.63) is 0 Å². The van der Waals surface area contributed by atoms with Crippen LogP contribution in [0.15, 0.2) is 0 Å². The first-order valence-electron chi connectivity index (χ1n) is 6.39. The molecule has 1 unspecified atom stereocenters. The Hall–Kier alpha value is -0.0800. The van der Waals surface area contributed by atoms with Crippen LogP contribution in [0, 0.1) is 10.8 Å². The molecular formula is C13H26N2. The highest BCUT2D eigenvalue weighted by Gasteiger charge is 2.38. The summed E-state index contributed by atoms with van der Waals surface area (Å²) < 4.78 is 0. The topological polar surface area (TPSA) is 29.3 Å². The molecule has 15 heavy (non-hydrogen) atoms. The lowest BCUT2D eigenvalue weighted by atomic mass is 9.69. The predicted octanol–water partition coefficient (Wildman–Crippen LogP) is 2.24. The van der Waals surface area contributed by atoms with Gasteiger partial charge in [-0.15, -0.1) is 0 Å². The van der Waals surface area contributed by atoms with Gasteiger partial charge in [0.15, 0.2) is 0 Å². The summed E-state index contributed by atoms with van der Waals surface area (Å²) in [4.78, 5) is 2.64. The highest BCUT2D eigenvalue weighted by molar-refractivity contribution is 4.93. The first-order chi connectivity index (χ1) is 6.91. The fourth-order valence-corrected chi connectivity index (χ4v) is 3.10. The largest absolute Gasteiger partial charge is 0.327 e. The molecule has 2 rings (SSSR count). The Labute approximate surface area is 94.2 Å². The highest BCUT2D eigenvalue weighted by Crippen LogP contribution is 2.42. The monoisotopic (exact) mass is 210 g/mol. The van der Waals surface area contributed by atoms with Crippen LogP contribution < -0.4 is 5.73 Å². The molecule has 0 aromatic carbocycles. The van der Waals surface area contributed by atoms with Gasteiger partial charge in [-0.25, -0.2) is 0 Å². The summed E-state index contributed by atoms with van der Waals surface area (Å²) >= 11 is 0. The minimum Gasteiger partial charge on any atom is -0.327 e. The van der Waals surface area contributed by atoms with Crippen molar-refractivity contribution in [2.45, 2.75) is 52.5 Å². The van der Waals surface area contributed by atoms with Crippen molar-refractivity contribution >= 4 is 0 Å². The van der Waals surface area contributed by atoms with Gasteiger partial charge >= 0.3 is 0 Å². The Bertz CT molecular complexity index is 229. The molecule has 0 spiro atoms. The quantitative estimate of drug-likeness (QED) is 0.757. The van der Waals surface area contributed by atoms with Crippen LogP contribution in [0.2, 0.25) is 0 Å². The third-order valence-corrected chi connectivity index (χ3v) is 4.56. The first kappa shape index (κ1) is 11.4. The van der Waals surface area contributed by atoms with Gasteiger partial charge in [-0.05, 0) is 36.6 Å². The second-order valence-electron chi connectivity index (χ2n) is 6.76. The molecule has 1 atom stereocenters. The van der Waals surface area contributed by atoms with Gasteiger partial charge < -0.3 is 10.6 Å². The van der Waals surface area contributed by atoms with Crippen LogP contribution >= 0.6 is 0 Å². The van der Waals surface area contributed by atoms with Gasteiger partial charge in [0.2, 0.25) is 0 Å². The van der Waals surface area contributed by atoms with Crippen molar-refractivity contribution in [3.8, 4) is 0 Å². The summed E-state index contributed by atoms with van der Waals surface area (Å²) in [5.74, 6) is 0. The highest BCUT2D eigenvalue weighted by atomic mass is 15.2. The second kappa shape index (κ2) is 3.74. The maximum atomic E-state index is 6.16. The maximum Gasteiger partial charge on any atom is 0.0115 e. The average Bonchev–Trinajstić information content (AvgIpc) is 2.08. The number of nitrogens with two attached hydrogens (primary N) is 1. The van der Waals surface area contributed by atoms with Gasteiger partial charge in [0.05, 0.1) is 0 Å². The zero-order valence-electron chi connectivity index (χ0n) is 10.6. The van der Waals surface area contributed by atoms with E-state index >= 15 is 0 Å². The summed E-state index contributed by atoms with van der Waals surface area (Å²) in [6.07, 6.45) is 5.46. The summed E-state index contributed by atoms with van der Waals surface area (Å²) in [7, 11) is 0. The van der Waals surface area contributed by atoms with Gasteiger partial charge in [0.25, 0.3) is 0 Å². The van der Waals surface area contributed by atoms with Crippen molar-refractivity contribution in [1.82, 2.24) is 4.90 Å². The molecule has 1 aliphatic heterocycles. The lowest BCUT2D eigenvalue weighted by molar-refractivity contribution is 0.0286. The number of likely N-dealkylation sites (tertiary alicyclic amines) is 1. The molecule has 2 aliphatic rings. The molecule has 88 valence electrons. The summed E-state index contributed by atoms with van der Waals surface area (Å²) in [6.45, 7) is 10.8. The molecule has 2 fully saturated rings. The number of rotatable bonds is 2. The Morgan fingerprint density at radius 2 is 1.93 bits per heavy atom. The van der Waals surface area contributed by atoms with Gasteiger partial charge in [-0.3, -0.25) is 0 Å². The van der Waals surface area contributed by atoms with Crippen LogP contribution in [-0.4, -0.2) is 30.6 Å². The molecule has 0 aromatic heterocycles. The van der Waals surface area contributed by atoms with E-state index in [1.165, 1.54) is 45.3 Å². The summed E-state index contributed by atoms with van der Waals surface area (Å²) in [5.41, 5.74) is 7.08. The van der Waals surface area contributed by atoms with E-state index in [0.29, 0.717) is 16.9 Å². The normalized spacial score (nSPS) is 34.8. The molecule has 0 amide bonds. The van der Waals surface area contributed by atoms with Gasteiger partial charge in [-0.2, -0.15) is 0 Å². The van der Waals surface area contributed by atoms with Crippen LogP contribution in [0.25, 0.3) is 0 Å². The fraction of sp³-hybridized carbons (Fsp3) is 1.00. The third-order valence-electron chi connectivity index (χ3n) is 4.56. The SMILES string of the molecule is CC1(CN2CCC(N)C(C)(C)C2)CCC1. The molecular weight excluding hydrogens is 184 g/mol. The van der Waals surface area contributed by atoms with Crippen LogP contribution in [0.5, 0.6) is 0 Å². The number of hydrogen-bond donors (Lipinski definition) is 1. The van der Waals surface area contributed by atoms with E-state index in [1.807, 2.05) is 0 Å². The molecule has 1 heterocycles. The van der Waals surface area contributed by atoms with Crippen molar-refractivity contribution in [3.63, 3.8) is 0 Å². The van der Waals surface area contributed by atoms with Gasteiger partial charge in [-0.1, -0.05) is 27.2 Å². The Morgan fingerprint density at radius 1 is 1.27 bits per heavy atom. The molecule has 2 N–H and O–H groups in total. The molecule has 0 radical (unpaired) electrons. The predicted molar refractivity (Wildman–Crippen MR) is 64.8 cm³/mol. The Kier molecular flexibility index (Phi) is 2.85. The van der Waals surface area contributed by atoms with E-state index in [2.05, 4.69) is 25.7 Å². The van der Waals surface area contributed by atoms with Crippen molar-refractivity contribution in [2.75, 3.05) is 19.6 Å². The molecule has 1 saturated heterocycles. The van der Waals surface area contributed by atoms with Crippen molar-refractivity contribution < 1.29 is 0 Å². The van der Waals surface area contributed by atoms with E-state index in [9.17, 15) is 0 Å². The summed E-state index contributed by atoms with van der Waals surface area (Å²) in [5, 5.41) is 0. The van der Waals surface area contributed by atoms with Crippen molar-refractivity contribution in [2.24, 2.45) is 16.6 Å². The van der Waals surface area contributed by atoms with E-state index in [4.69, 9.17) is 5.73 Å². The second-order valence-corrected chi connectivity index (χ2v) is 6.76. The molecule has 0 bridgehead atoms.